The Morgan fingerprint density at radius 3 is 2.37 bits per heavy atom. The Morgan fingerprint density at radius 1 is 0.842 bits per heavy atom. The largest absolute Gasteiger partial charge is 0.378 e. The van der Waals surface area contributed by atoms with Gasteiger partial charge in [0.1, 0.15) is 0 Å². The molecule has 3 aromatic rings. The average Bonchev–Trinajstić information content (AvgIpc) is 3.42. The molecule has 3 aliphatic rings. The Labute approximate surface area is 225 Å². The van der Waals surface area contributed by atoms with Crippen LogP contribution in [-0.2, 0) is 16.0 Å². The zero-order valence-electron chi connectivity index (χ0n) is 21.9. The summed E-state index contributed by atoms with van der Waals surface area (Å²) in [5, 5.41) is 7.06. The van der Waals surface area contributed by atoms with Crippen molar-refractivity contribution in [2.45, 2.75) is 63.1 Å². The van der Waals surface area contributed by atoms with Crippen molar-refractivity contribution >= 4 is 17.5 Å². The van der Waals surface area contributed by atoms with Crippen molar-refractivity contribution in [1.29, 1.82) is 0 Å². The van der Waals surface area contributed by atoms with E-state index in [1.807, 2.05) is 18.2 Å². The second-order valence-electron chi connectivity index (χ2n) is 11.1. The molecule has 5 heteroatoms. The standard InChI is InChI=1S/C33H37N3O2/c37-30(20-19-23-11-3-1-4-12-23)34-29-18-10-8-16-26(29)33(38)36-22-21-27-31(24-13-5-2-6-14-24)35-28-17-9-7-15-25(28)32(27)36/h1-7,9,11-15,17,26-27,29,31-32,35H,8,10,16,18-22H2,(H,34,37)/t26-,27+,29?,31-,32-/m0/s1. The van der Waals surface area contributed by atoms with E-state index in [1.165, 1.54) is 16.7 Å². The van der Waals surface area contributed by atoms with Crippen molar-refractivity contribution in [2.24, 2.45) is 11.8 Å². The molecule has 0 bridgehead atoms. The van der Waals surface area contributed by atoms with Gasteiger partial charge in [-0.2, -0.15) is 0 Å². The molecule has 0 spiro atoms. The highest BCUT2D eigenvalue weighted by Gasteiger charge is 2.48. The van der Waals surface area contributed by atoms with Crippen LogP contribution in [0.5, 0.6) is 0 Å². The summed E-state index contributed by atoms with van der Waals surface area (Å²) in [5.41, 5.74) is 4.78. The molecule has 0 aromatic heterocycles. The van der Waals surface area contributed by atoms with Gasteiger partial charge >= 0.3 is 0 Å². The van der Waals surface area contributed by atoms with Crippen molar-refractivity contribution in [3.05, 3.63) is 102 Å². The molecule has 5 atom stereocenters. The fourth-order valence-corrected chi connectivity index (χ4v) is 6.96. The third-order valence-electron chi connectivity index (χ3n) is 8.82. The second kappa shape index (κ2) is 11.0. The van der Waals surface area contributed by atoms with Gasteiger partial charge in [0.2, 0.25) is 11.8 Å². The first kappa shape index (κ1) is 24.7. The molecule has 2 N–H and O–H groups in total. The first-order chi connectivity index (χ1) is 18.7. The van der Waals surface area contributed by atoms with Gasteiger partial charge in [-0.1, -0.05) is 91.7 Å². The quantitative estimate of drug-likeness (QED) is 0.427. The van der Waals surface area contributed by atoms with Crippen LogP contribution in [0.1, 0.15) is 67.3 Å². The van der Waals surface area contributed by atoms with E-state index >= 15 is 0 Å². The fraction of sp³-hybridized carbons (Fsp3) is 0.394. The maximum atomic E-state index is 14.2. The molecule has 6 rings (SSSR count). The maximum absolute atomic E-state index is 14.2. The Balaban J connectivity index is 1.20. The van der Waals surface area contributed by atoms with Crippen LogP contribution in [0.4, 0.5) is 5.69 Å². The highest BCUT2D eigenvalue weighted by atomic mass is 16.2. The van der Waals surface area contributed by atoms with Crippen LogP contribution in [0.3, 0.4) is 0 Å². The lowest BCUT2D eigenvalue weighted by molar-refractivity contribution is -0.139. The summed E-state index contributed by atoms with van der Waals surface area (Å²) in [6.45, 7) is 0.763. The van der Waals surface area contributed by atoms with Crippen molar-refractivity contribution in [2.75, 3.05) is 11.9 Å². The first-order valence-corrected chi connectivity index (χ1v) is 14.2. The molecule has 1 saturated heterocycles. The van der Waals surface area contributed by atoms with Crippen LogP contribution in [0.15, 0.2) is 84.9 Å². The van der Waals surface area contributed by atoms with E-state index in [-0.39, 0.29) is 35.9 Å². The van der Waals surface area contributed by atoms with Crippen LogP contribution in [0.2, 0.25) is 0 Å². The van der Waals surface area contributed by atoms with Crippen LogP contribution >= 0.6 is 0 Å². The predicted octanol–water partition coefficient (Wildman–Crippen LogP) is 6.05. The molecule has 196 valence electrons. The number of nitrogens with one attached hydrogen (secondary N) is 2. The van der Waals surface area contributed by atoms with E-state index < -0.39 is 0 Å². The van der Waals surface area contributed by atoms with Gasteiger partial charge in [0.25, 0.3) is 0 Å². The molecular weight excluding hydrogens is 470 g/mol. The lowest BCUT2D eigenvalue weighted by Crippen LogP contribution is -2.50. The maximum Gasteiger partial charge on any atom is 0.228 e. The smallest absolute Gasteiger partial charge is 0.228 e. The number of carbonyl (C=O) groups excluding carboxylic acids is 2. The summed E-state index contributed by atoms with van der Waals surface area (Å²) in [6.07, 6.45) is 5.96. The molecular formula is C33H37N3O2. The summed E-state index contributed by atoms with van der Waals surface area (Å²) in [5.74, 6) is 0.433. The zero-order valence-corrected chi connectivity index (χ0v) is 21.9. The summed E-state index contributed by atoms with van der Waals surface area (Å²) < 4.78 is 0. The number of nitrogens with zero attached hydrogens (tertiary/aromatic N) is 1. The molecule has 5 nitrogen and oxygen atoms in total. The van der Waals surface area contributed by atoms with E-state index in [2.05, 4.69) is 82.3 Å². The molecule has 1 saturated carbocycles. The number of amides is 2. The minimum Gasteiger partial charge on any atom is -0.378 e. The van der Waals surface area contributed by atoms with Gasteiger partial charge in [-0.3, -0.25) is 9.59 Å². The molecule has 1 unspecified atom stereocenters. The normalized spacial score (nSPS) is 26.1. The van der Waals surface area contributed by atoms with Gasteiger partial charge in [0, 0.05) is 30.6 Å². The lowest BCUT2D eigenvalue weighted by Gasteiger charge is -2.42. The Hall–Kier alpha value is -3.60. The number of carbonyl (C=O) groups is 2. The molecule has 2 fully saturated rings. The van der Waals surface area contributed by atoms with E-state index in [0.29, 0.717) is 12.3 Å². The second-order valence-corrected chi connectivity index (χ2v) is 11.1. The number of rotatable bonds is 6. The van der Waals surface area contributed by atoms with Crippen molar-refractivity contribution in [3.8, 4) is 0 Å². The van der Waals surface area contributed by atoms with E-state index in [1.54, 1.807) is 0 Å². The van der Waals surface area contributed by atoms with Gasteiger partial charge in [-0.05, 0) is 48.4 Å². The predicted molar refractivity (Wildman–Crippen MR) is 150 cm³/mol. The van der Waals surface area contributed by atoms with Gasteiger partial charge in [-0.15, -0.1) is 0 Å². The third kappa shape index (κ3) is 4.94. The number of fused-ring (bicyclic) bond motifs is 3. The van der Waals surface area contributed by atoms with E-state index in [9.17, 15) is 9.59 Å². The highest BCUT2D eigenvalue weighted by molar-refractivity contribution is 5.83. The monoisotopic (exact) mass is 507 g/mol. The summed E-state index contributed by atoms with van der Waals surface area (Å²) in [4.78, 5) is 29.3. The first-order valence-electron chi connectivity index (χ1n) is 14.2. The lowest BCUT2D eigenvalue weighted by atomic mass is 9.79. The highest BCUT2D eigenvalue weighted by Crippen LogP contribution is 2.51. The summed E-state index contributed by atoms with van der Waals surface area (Å²) in [7, 11) is 0. The number of hydrogen-bond acceptors (Lipinski definition) is 3. The zero-order chi connectivity index (χ0) is 25.9. The van der Waals surface area contributed by atoms with E-state index in [0.717, 1.165) is 50.8 Å². The molecule has 2 aliphatic heterocycles. The van der Waals surface area contributed by atoms with Crippen LogP contribution in [-0.4, -0.2) is 29.3 Å². The number of hydrogen-bond donors (Lipinski definition) is 2. The minimum atomic E-state index is -0.152. The number of benzene rings is 3. The topological polar surface area (TPSA) is 61.4 Å². The van der Waals surface area contributed by atoms with Crippen LogP contribution < -0.4 is 10.6 Å². The third-order valence-corrected chi connectivity index (χ3v) is 8.82. The minimum absolute atomic E-state index is 0.0502. The molecule has 3 aromatic carbocycles. The van der Waals surface area contributed by atoms with Crippen molar-refractivity contribution < 1.29 is 9.59 Å². The average molecular weight is 508 g/mol. The number of anilines is 1. The Morgan fingerprint density at radius 2 is 1.55 bits per heavy atom. The number of aryl methyl sites for hydroxylation is 1. The van der Waals surface area contributed by atoms with Crippen LogP contribution in [0, 0.1) is 11.8 Å². The van der Waals surface area contributed by atoms with Gasteiger partial charge < -0.3 is 15.5 Å². The molecule has 1 aliphatic carbocycles. The Kier molecular flexibility index (Phi) is 7.17. The molecule has 0 radical (unpaired) electrons. The van der Waals surface area contributed by atoms with Crippen molar-refractivity contribution in [3.63, 3.8) is 0 Å². The van der Waals surface area contributed by atoms with Gasteiger partial charge in [0.15, 0.2) is 0 Å². The summed E-state index contributed by atoms with van der Waals surface area (Å²) in [6, 6.07) is 29.4. The summed E-state index contributed by atoms with van der Waals surface area (Å²) >= 11 is 0. The van der Waals surface area contributed by atoms with Gasteiger partial charge in [0.05, 0.1) is 18.0 Å². The SMILES string of the molecule is O=C(CCc1ccccc1)NC1CCCC[C@@H]1C(=O)N1CC[C@@H]2[C@H](c3ccccc3)Nc3ccccc3[C@@H]21. The Bertz CT molecular complexity index is 1260. The molecule has 2 amide bonds. The fourth-order valence-electron chi connectivity index (χ4n) is 6.96. The molecule has 2 heterocycles. The van der Waals surface area contributed by atoms with Crippen molar-refractivity contribution in [1.82, 2.24) is 10.2 Å². The van der Waals surface area contributed by atoms with Gasteiger partial charge in [-0.25, -0.2) is 0 Å². The number of para-hydroxylation sites is 1. The molecule has 38 heavy (non-hydrogen) atoms. The van der Waals surface area contributed by atoms with Crippen LogP contribution in [0.25, 0.3) is 0 Å². The van der Waals surface area contributed by atoms with E-state index in [4.69, 9.17) is 0 Å². The number of likely N-dealkylation sites (tertiary alicyclic amines) is 1.